The Morgan fingerprint density at radius 1 is 1.38 bits per heavy atom. The Bertz CT molecular complexity index is 454. The molecule has 0 atom stereocenters. The highest BCUT2D eigenvalue weighted by atomic mass is 16.5. The van der Waals surface area contributed by atoms with Gasteiger partial charge in [-0.25, -0.2) is 9.97 Å². The highest BCUT2D eigenvalue weighted by Gasteiger charge is 2.02. The average Bonchev–Trinajstić information content (AvgIpc) is 2.78. The Morgan fingerprint density at radius 3 is 2.94 bits per heavy atom. The van der Waals surface area contributed by atoms with E-state index in [2.05, 4.69) is 36.9 Å². The molecule has 84 valence electrons. The Morgan fingerprint density at radius 2 is 2.25 bits per heavy atom. The van der Waals surface area contributed by atoms with E-state index in [1.807, 2.05) is 13.0 Å². The summed E-state index contributed by atoms with van der Waals surface area (Å²) in [6.07, 6.45) is 2.19. The maximum Gasteiger partial charge on any atom is 0.213 e. The Hall–Kier alpha value is -1.98. The zero-order valence-electron chi connectivity index (χ0n) is 9.27. The lowest BCUT2D eigenvalue weighted by Crippen LogP contribution is -2.05. The number of aromatic nitrogens is 4. The van der Waals surface area contributed by atoms with E-state index in [4.69, 9.17) is 0 Å². The molecule has 0 amide bonds. The molecule has 2 aromatic rings. The SMILES string of the molecule is CCc1cc(NCc2ncon2)nc(C)n1. The van der Waals surface area contributed by atoms with E-state index < -0.39 is 0 Å². The first-order chi connectivity index (χ1) is 7.78. The molecule has 0 saturated heterocycles. The van der Waals surface area contributed by atoms with E-state index in [0.717, 1.165) is 23.8 Å². The fourth-order valence-corrected chi connectivity index (χ4v) is 1.34. The molecular weight excluding hydrogens is 206 g/mol. The predicted octanol–water partition coefficient (Wildman–Crippen LogP) is 1.34. The zero-order valence-corrected chi connectivity index (χ0v) is 9.27. The lowest BCUT2D eigenvalue weighted by atomic mass is 10.3. The van der Waals surface area contributed by atoms with Crippen LogP contribution in [0, 0.1) is 6.92 Å². The van der Waals surface area contributed by atoms with Crippen molar-refractivity contribution in [1.29, 1.82) is 0 Å². The van der Waals surface area contributed by atoms with Crippen LogP contribution in [0.25, 0.3) is 0 Å². The van der Waals surface area contributed by atoms with Gasteiger partial charge >= 0.3 is 0 Å². The van der Waals surface area contributed by atoms with Crippen molar-refractivity contribution in [2.75, 3.05) is 5.32 Å². The molecule has 0 bridgehead atoms. The van der Waals surface area contributed by atoms with Crippen molar-refractivity contribution in [3.8, 4) is 0 Å². The number of hydrogen-bond acceptors (Lipinski definition) is 6. The topological polar surface area (TPSA) is 76.7 Å². The van der Waals surface area contributed by atoms with Crippen LogP contribution in [0.3, 0.4) is 0 Å². The van der Waals surface area contributed by atoms with Crippen LogP contribution in [0.4, 0.5) is 5.82 Å². The summed E-state index contributed by atoms with van der Waals surface area (Å²) in [6.45, 7) is 4.43. The summed E-state index contributed by atoms with van der Waals surface area (Å²) in [4.78, 5) is 12.5. The van der Waals surface area contributed by atoms with Gasteiger partial charge in [0.1, 0.15) is 11.6 Å². The maximum absolute atomic E-state index is 4.64. The molecule has 0 saturated carbocycles. The molecule has 0 aliphatic rings. The van der Waals surface area contributed by atoms with E-state index in [-0.39, 0.29) is 0 Å². The molecule has 6 heteroatoms. The molecule has 0 unspecified atom stereocenters. The number of hydrogen-bond donors (Lipinski definition) is 1. The summed E-state index contributed by atoms with van der Waals surface area (Å²) in [5, 5.41) is 6.83. The molecule has 2 rings (SSSR count). The Labute approximate surface area is 93.1 Å². The minimum absolute atomic E-state index is 0.496. The van der Waals surface area contributed by atoms with Crippen LogP contribution in [0.2, 0.25) is 0 Å². The number of nitrogens with zero attached hydrogens (tertiary/aromatic N) is 4. The normalized spacial score (nSPS) is 10.4. The minimum Gasteiger partial charge on any atom is -0.363 e. The summed E-state index contributed by atoms with van der Waals surface area (Å²) >= 11 is 0. The van der Waals surface area contributed by atoms with Crippen LogP contribution in [-0.2, 0) is 13.0 Å². The number of rotatable bonds is 4. The molecule has 2 heterocycles. The summed E-state index contributed by atoms with van der Waals surface area (Å²) < 4.78 is 4.64. The molecule has 6 nitrogen and oxygen atoms in total. The molecule has 0 aliphatic heterocycles. The molecule has 2 aromatic heterocycles. The molecule has 0 spiro atoms. The van der Waals surface area contributed by atoms with E-state index >= 15 is 0 Å². The lowest BCUT2D eigenvalue weighted by molar-refractivity contribution is 0.411. The Balaban J connectivity index is 2.06. The second kappa shape index (κ2) is 4.69. The van der Waals surface area contributed by atoms with Gasteiger partial charge in [0.25, 0.3) is 0 Å². The fourth-order valence-electron chi connectivity index (χ4n) is 1.34. The molecule has 0 fully saturated rings. The second-order valence-electron chi connectivity index (χ2n) is 3.35. The van der Waals surface area contributed by atoms with Gasteiger partial charge in [0.05, 0.1) is 6.54 Å². The third kappa shape index (κ3) is 2.53. The highest BCUT2D eigenvalue weighted by Crippen LogP contribution is 2.07. The van der Waals surface area contributed by atoms with Gasteiger partial charge in [-0.1, -0.05) is 12.1 Å². The maximum atomic E-state index is 4.64. The highest BCUT2D eigenvalue weighted by molar-refractivity contribution is 5.36. The van der Waals surface area contributed by atoms with E-state index in [1.54, 1.807) is 0 Å². The molecule has 1 N–H and O–H groups in total. The standard InChI is InChI=1S/C10H13N5O/c1-3-8-4-9(14-7(2)13-8)11-5-10-12-6-16-15-10/h4,6H,3,5H2,1-2H3,(H,11,13,14). The van der Waals surface area contributed by atoms with Gasteiger partial charge in [-0.3, -0.25) is 0 Å². The monoisotopic (exact) mass is 219 g/mol. The number of nitrogens with one attached hydrogen (secondary N) is 1. The van der Waals surface area contributed by atoms with E-state index in [9.17, 15) is 0 Å². The molecule has 16 heavy (non-hydrogen) atoms. The van der Waals surface area contributed by atoms with Crippen molar-refractivity contribution < 1.29 is 4.52 Å². The van der Waals surface area contributed by atoms with Crippen molar-refractivity contribution >= 4 is 5.82 Å². The largest absolute Gasteiger partial charge is 0.363 e. The van der Waals surface area contributed by atoms with Crippen LogP contribution in [0.15, 0.2) is 17.0 Å². The van der Waals surface area contributed by atoms with Crippen molar-refractivity contribution in [1.82, 2.24) is 20.1 Å². The number of aryl methyl sites for hydroxylation is 2. The third-order valence-corrected chi connectivity index (χ3v) is 2.09. The summed E-state index contributed by atoms with van der Waals surface area (Å²) in [7, 11) is 0. The summed E-state index contributed by atoms with van der Waals surface area (Å²) in [5.41, 5.74) is 1.02. The first-order valence-corrected chi connectivity index (χ1v) is 5.11. The summed E-state index contributed by atoms with van der Waals surface area (Å²) in [5.74, 6) is 2.15. The molecule has 0 aliphatic carbocycles. The van der Waals surface area contributed by atoms with Gasteiger partial charge in [0.15, 0.2) is 5.82 Å². The zero-order chi connectivity index (χ0) is 11.4. The van der Waals surface area contributed by atoms with E-state index in [0.29, 0.717) is 12.4 Å². The van der Waals surface area contributed by atoms with Gasteiger partial charge in [-0.2, -0.15) is 4.98 Å². The van der Waals surface area contributed by atoms with Crippen molar-refractivity contribution in [2.45, 2.75) is 26.8 Å². The predicted molar refractivity (Wildman–Crippen MR) is 57.8 cm³/mol. The quantitative estimate of drug-likeness (QED) is 0.836. The van der Waals surface area contributed by atoms with Crippen molar-refractivity contribution in [3.05, 3.63) is 29.8 Å². The van der Waals surface area contributed by atoms with E-state index in [1.165, 1.54) is 6.39 Å². The summed E-state index contributed by atoms with van der Waals surface area (Å²) in [6, 6.07) is 1.92. The minimum atomic E-state index is 0.496. The van der Waals surface area contributed by atoms with Crippen LogP contribution < -0.4 is 5.32 Å². The van der Waals surface area contributed by atoms with Crippen LogP contribution >= 0.6 is 0 Å². The molecule has 0 radical (unpaired) electrons. The lowest BCUT2D eigenvalue weighted by Gasteiger charge is -2.05. The first kappa shape index (κ1) is 10.5. The Kier molecular flexibility index (Phi) is 3.09. The van der Waals surface area contributed by atoms with Crippen LogP contribution in [0.5, 0.6) is 0 Å². The van der Waals surface area contributed by atoms with Crippen LogP contribution in [-0.4, -0.2) is 20.1 Å². The smallest absolute Gasteiger partial charge is 0.213 e. The van der Waals surface area contributed by atoms with Crippen LogP contribution in [0.1, 0.15) is 24.3 Å². The fraction of sp³-hybridized carbons (Fsp3) is 0.400. The first-order valence-electron chi connectivity index (χ1n) is 5.11. The second-order valence-corrected chi connectivity index (χ2v) is 3.35. The van der Waals surface area contributed by atoms with Gasteiger partial charge in [0.2, 0.25) is 6.39 Å². The van der Waals surface area contributed by atoms with Gasteiger partial charge in [0, 0.05) is 11.8 Å². The van der Waals surface area contributed by atoms with Gasteiger partial charge < -0.3 is 9.84 Å². The van der Waals surface area contributed by atoms with Crippen molar-refractivity contribution in [3.63, 3.8) is 0 Å². The molecular formula is C10H13N5O. The average molecular weight is 219 g/mol. The molecule has 0 aromatic carbocycles. The van der Waals surface area contributed by atoms with Gasteiger partial charge in [-0.15, -0.1) is 0 Å². The van der Waals surface area contributed by atoms with Crippen molar-refractivity contribution in [2.24, 2.45) is 0 Å². The van der Waals surface area contributed by atoms with Gasteiger partial charge in [-0.05, 0) is 13.3 Å². The number of anilines is 1. The third-order valence-electron chi connectivity index (χ3n) is 2.09.